The zero-order valence-electron chi connectivity index (χ0n) is 10.4. The highest BCUT2D eigenvalue weighted by molar-refractivity contribution is 5.84. The molecule has 1 heterocycles. The largest absolute Gasteiger partial charge is 0.398 e. The van der Waals surface area contributed by atoms with Crippen molar-refractivity contribution in [2.24, 2.45) is 0 Å². The lowest BCUT2D eigenvalue weighted by atomic mass is 10.1. The van der Waals surface area contributed by atoms with E-state index in [1.807, 2.05) is 12.1 Å². The summed E-state index contributed by atoms with van der Waals surface area (Å²) in [5.74, 6) is 0. The van der Waals surface area contributed by atoms with E-state index < -0.39 is 0 Å². The fourth-order valence-electron chi connectivity index (χ4n) is 2.28. The van der Waals surface area contributed by atoms with E-state index in [2.05, 4.69) is 54.1 Å². The molecule has 0 amide bonds. The van der Waals surface area contributed by atoms with Gasteiger partial charge in [-0.1, -0.05) is 30.3 Å². The second-order valence-corrected chi connectivity index (χ2v) is 4.70. The van der Waals surface area contributed by atoms with Gasteiger partial charge in [-0.05, 0) is 36.2 Å². The Kier molecular flexibility index (Phi) is 2.56. The number of anilines is 1. The molecule has 18 heavy (non-hydrogen) atoms. The van der Waals surface area contributed by atoms with Crippen LogP contribution in [0.2, 0.25) is 0 Å². The van der Waals surface area contributed by atoms with Crippen LogP contribution in [-0.4, -0.2) is 4.57 Å². The molecule has 0 saturated heterocycles. The quantitative estimate of drug-likeness (QED) is 0.677. The first-order valence-electron chi connectivity index (χ1n) is 6.13. The van der Waals surface area contributed by atoms with E-state index in [-0.39, 0.29) is 0 Å². The lowest BCUT2D eigenvalue weighted by Crippen LogP contribution is -1.98. The van der Waals surface area contributed by atoms with Crippen molar-refractivity contribution in [3.05, 3.63) is 65.9 Å². The summed E-state index contributed by atoms with van der Waals surface area (Å²) in [6.45, 7) is 2.95. The molecule has 0 saturated carbocycles. The zero-order valence-corrected chi connectivity index (χ0v) is 10.4. The van der Waals surface area contributed by atoms with Crippen molar-refractivity contribution >= 4 is 16.6 Å². The Morgan fingerprint density at radius 3 is 2.61 bits per heavy atom. The average molecular weight is 236 g/mol. The van der Waals surface area contributed by atoms with Gasteiger partial charge in [0, 0.05) is 29.3 Å². The number of hydrogen-bond acceptors (Lipinski definition) is 1. The fourth-order valence-corrected chi connectivity index (χ4v) is 2.28. The second kappa shape index (κ2) is 4.22. The second-order valence-electron chi connectivity index (χ2n) is 4.70. The minimum atomic E-state index is 0.861. The molecule has 0 unspecified atom stereocenters. The Bertz CT molecular complexity index is 681. The normalized spacial score (nSPS) is 10.9. The average Bonchev–Trinajstić information content (AvgIpc) is 2.74. The number of nitrogens with two attached hydrogens (primary N) is 1. The molecule has 0 spiro atoms. The molecular weight excluding hydrogens is 220 g/mol. The van der Waals surface area contributed by atoms with Crippen molar-refractivity contribution in [1.82, 2.24) is 4.57 Å². The molecule has 2 N–H and O–H groups in total. The van der Waals surface area contributed by atoms with Gasteiger partial charge in [-0.2, -0.15) is 0 Å². The number of hydrogen-bond donors (Lipinski definition) is 1. The molecule has 2 nitrogen and oxygen atoms in total. The van der Waals surface area contributed by atoms with Crippen LogP contribution in [0, 0.1) is 6.92 Å². The maximum Gasteiger partial charge on any atom is 0.0487 e. The summed E-state index contributed by atoms with van der Waals surface area (Å²) in [5, 5.41) is 1.20. The molecule has 0 bridgehead atoms. The number of nitrogen functional groups attached to an aromatic ring is 1. The van der Waals surface area contributed by atoms with Crippen molar-refractivity contribution in [3.63, 3.8) is 0 Å². The number of aromatic nitrogens is 1. The first-order valence-corrected chi connectivity index (χ1v) is 6.13. The number of nitrogens with zero attached hydrogens (tertiary/aromatic N) is 1. The highest BCUT2D eigenvalue weighted by atomic mass is 14.9. The van der Waals surface area contributed by atoms with Crippen LogP contribution in [0.3, 0.4) is 0 Å². The van der Waals surface area contributed by atoms with Crippen molar-refractivity contribution < 1.29 is 0 Å². The monoisotopic (exact) mass is 236 g/mol. The lowest BCUT2D eigenvalue weighted by molar-refractivity contribution is 0.836. The molecule has 0 aliphatic heterocycles. The van der Waals surface area contributed by atoms with Crippen LogP contribution >= 0.6 is 0 Å². The fraction of sp³-hybridized carbons (Fsp3) is 0.125. The van der Waals surface area contributed by atoms with Crippen LogP contribution in [0.25, 0.3) is 10.9 Å². The molecule has 0 fully saturated rings. The smallest absolute Gasteiger partial charge is 0.0487 e. The van der Waals surface area contributed by atoms with Crippen LogP contribution in [-0.2, 0) is 6.54 Å². The maximum absolute atomic E-state index is 5.94. The van der Waals surface area contributed by atoms with Crippen LogP contribution in [0.5, 0.6) is 0 Å². The molecule has 2 heteroatoms. The van der Waals surface area contributed by atoms with Crippen molar-refractivity contribution in [1.29, 1.82) is 0 Å². The molecule has 1 aromatic heterocycles. The van der Waals surface area contributed by atoms with Gasteiger partial charge in [0.05, 0.1) is 0 Å². The lowest BCUT2D eigenvalue weighted by Gasteiger charge is -2.07. The summed E-state index contributed by atoms with van der Waals surface area (Å²) in [5.41, 5.74) is 10.5. The highest BCUT2D eigenvalue weighted by Gasteiger charge is 2.04. The Labute approximate surface area is 107 Å². The highest BCUT2D eigenvalue weighted by Crippen LogP contribution is 2.23. The summed E-state index contributed by atoms with van der Waals surface area (Å²) in [6, 6.07) is 16.8. The van der Waals surface area contributed by atoms with Crippen molar-refractivity contribution in [2.45, 2.75) is 13.5 Å². The summed E-state index contributed by atoms with van der Waals surface area (Å²) in [6.07, 6.45) is 2.12. The molecule has 0 aliphatic carbocycles. The molecule has 3 rings (SSSR count). The number of aryl methyl sites for hydroxylation is 1. The minimum Gasteiger partial charge on any atom is -0.398 e. The SMILES string of the molecule is Cc1cc2c(ccn2Cc2ccccc2)cc1N. The minimum absolute atomic E-state index is 0.861. The van der Waals surface area contributed by atoms with Crippen LogP contribution in [0.1, 0.15) is 11.1 Å². The van der Waals surface area contributed by atoms with E-state index in [4.69, 9.17) is 5.73 Å². The van der Waals surface area contributed by atoms with E-state index in [9.17, 15) is 0 Å². The van der Waals surface area contributed by atoms with Gasteiger partial charge < -0.3 is 10.3 Å². The maximum atomic E-state index is 5.94. The number of benzene rings is 2. The van der Waals surface area contributed by atoms with E-state index in [0.29, 0.717) is 0 Å². The van der Waals surface area contributed by atoms with Gasteiger partial charge in [-0.25, -0.2) is 0 Å². The van der Waals surface area contributed by atoms with Gasteiger partial charge in [-0.15, -0.1) is 0 Å². The predicted octanol–water partition coefficient (Wildman–Crippen LogP) is 3.58. The van der Waals surface area contributed by atoms with Gasteiger partial charge in [0.15, 0.2) is 0 Å². The third-order valence-corrected chi connectivity index (χ3v) is 3.35. The molecule has 0 atom stereocenters. The standard InChI is InChI=1S/C16H16N2/c1-12-9-16-14(10-15(12)17)7-8-18(16)11-13-5-3-2-4-6-13/h2-10H,11,17H2,1H3. The van der Waals surface area contributed by atoms with Gasteiger partial charge in [0.25, 0.3) is 0 Å². The predicted molar refractivity (Wildman–Crippen MR) is 76.6 cm³/mol. The topological polar surface area (TPSA) is 30.9 Å². The molecule has 2 aromatic carbocycles. The first-order chi connectivity index (χ1) is 8.74. The number of rotatable bonds is 2. The Morgan fingerprint density at radius 2 is 1.83 bits per heavy atom. The van der Waals surface area contributed by atoms with Crippen molar-refractivity contribution in [3.8, 4) is 0 Å². The van der Waals surface area contributed by atoms with E-state index in [1.165, 1.54) is 16.5 Å². The van der Waals surface area contributed by atoms with Gasteiger partial charge in [-0.3, -0.25) is 0 Å². The third-order valence-electron chi connectivity index (χ3n) is 3.35. The van der Waals surface area contributed by atoms with E-state index >= 15 is 0 Å². The molecule has 0 radical (unpaired) electrons. The van der Waals surface area contributed by atoms with Crippen molar-refractivity contribution in [2.75, 3.05) is 5.73 Å². The van der Waals surface area contributed by atoms with Gasteiger partial charge in [0.1, 0.15) is 0 Å². The zero-order chi connectivity index (χ0) is 12.5. The van der Waals surface area contributed by atoms with Gasteiger partial charge >= 0.3 is 0 Å². The van der Waals surface area contributed by atoms with Crippen LogP contribution < -0.4 is 5.73 Å². The third kappa shape index (κ3) is 1.86. The molecular formula is C16H16N2. The Balaban J connectivity index is 2.05. The number of fused-ring (bicyclic) bond motifs is 1. The molecule has 90 valence electrons. The van der Waals surface area contributed by atoms with Gasteiger partial charge in [0.2, 0.25) is 0 Å². The molecule has 3 aromatic rings. The Morgan fingerprint density at radius 1 is 1.06 bits per heavy atom. The first kappa shape index (κ1) is 10.9. The molecule has 0 aliphatic rings. The van der Waals surface area contributed by atoms with Crippen LogP contribution in [0.4, 0.5) is 5.69 Å². The summed E-state index contributed by atoms with van der Waals surface area (Å²) in [4.78, 5) is 0. The summed E-state index contributed by atoms with van der Waals surface area (Å²) in [7, 11) is 0. The Hall–Kier alpha value is -2.22. The van der Waals surface area contributed by atoms with E-state index in [1.54, 1.807) is 0 Å². The summed E-state index contributed by atoms with van der Waals surface area (Å²) >= 11 is 0. The summed E-state index contributed by atoms with van der Waals surface area (Å²) < 4.78 is 2.26. The van der Waals surface area contributed by atoms with Crippen LogP contribution in [0.15, 0.2) is 54.7 Å². The van der Waals surface area contributed by atoms with E-state index in [0.717, 1.165) is 17.8 Å².